The first-order valence-corrected chi connectivity index (χ1v) is 3.10. The van der Waals surface area contributed by atoms with Crippen molar-refractivity contribution in [3.63, 3.8) is 0 Å². The van der Waals surface area contributed by atoms with Crippen molar-refractivity contribution in [1.29, 1.82) is 0 Å². The fourth-order valence-corrected chi connectivity index (χ4v) is 0.850. The number of H-pyrrole nitrogens is 1. The first kappa shape index (κ1) is 8.47. The normalized spacial score (nSPS) is 9.75. The minimum absolute atomic E-state index is 0.330. The second kappa shape index (κ2) is 2.78. The van der Waals surface area contributed by atoms with Crippen LogP contribution in [-0.2, 0) is 0 Å². The van der Waals surface area contributed by atoms with E-state index in [0.717, 1.165) is 0 Å². The number of nitrogens with two attached hydrogens (primary N) is 1. The van der Waals surface area contributed by atoms with Gasteiger partial charge in [-0.3, -0.25) is 4.79 Å². The van der Waals surface area contributed by atoms with E-state index in [1.807, 2.05) is 5.10 Å². The SMILES string of the molecule is NC(=O)c1n[nH]c([N+](=O)[O-])c1Cl. The van der Waals surface area contributed by atoms with Crippen molar-refractivity contribution < 1.29 is 9.72 Å². The van der Waals surface area contributed by atoms with Crippen LogP contribution in [0.15, 0.2) is 0 Å². The molecule has 7 nitrogen and oxygen atoms in total. The van der Waals surface area contributed by atoms with Gasteiger partial charge in [0.2, 0.25) is 0 Å². The molecule has 0 fully saturated rings. The van der Waals surface area contributed by atoms with Crippen LogP contribution in [-0.4, -0.2) is 21.0 Å². The number of rotatable bonds is 2. The monoisotopic (exact) mass is 190 g/mol. The van der Waals surface area contributed by atoms with E-state index in [0.29, 0.717) is 0 Å². The number of hydrogen-bond acceptors (Lipinski definition) is 4. The molecule has 0 bridgehead atoms. The van der Waals surface area contributed by atoms with E-state index in [4.69, 9.17) is 17.3 Å². The summed E-state index contributed by atoms with van der Waals surface area (Å²) in [6.07, 6.45) is 0. The quantitative estimate of drug-likeness (QED) is 0.507. The van der Waals surface area contributed by atoms with E-state index >= 15 is 0 Å². The highest BCUT2D eigenvalue weighted by molar-refractivity contribution is 6.35. The lowest BCUT2D eigenvalue weighted by Gasteiger charge is -1.88. The van der Waals surface area contributed by atoms with Gasteiger partial charge in [0.1, 0.15) is 0 Å². The van der Waals surface area contributed by atoms with Gasteiger partial charge in [-0.2, -0.15) is 0 Å². The summed E-state index contributed by atoms with van der Waals surface area (Å²) in [6, 6.07) is 0. The summed E-state index contributed by atoms with van der Waals surface area (Å²) in [7, 11) is 0. The number of aromatic amines is 1. The average molecular weight is 191 g/mol. The first-order chi connectivity index (χ1) is 5.54. The van der Waals surface area contributed by atoms with Crippen molar-refractivity contribution in [2.24, 2.45) is 5.73 Å². The van der Waals surface area contributed by atoms with Crippen molar-refractivity contribution in [3.8, 4) is 0 Å². The summed E-state index contributed by atoms with van der Waals surface area (Å²) < 4.78 is 0. The Hall–Kier alpha value is -1.63. The molecule has 0 radical (unpaired) electrons. The van der Waals surface area contributed by atoms with Gasteiger partial charge in [0.05, 0.1) is 0 Å². The standard InChI is InChI=1S/C4H3ClN4O3/c5-1-2(3(6)10)7-8-4(1)9(11)12/h(H2,6,10)(H,7,8). The maximum atomic E-state index is 10.5. The topological polar surface area (TPSA) is 115 Å². The Kier molecular flexibility index (Phi) is 1.96. The highest BCUT2D eigenvalue weighted by Crippen LogP contribution is 2.23. The molecule has 1 rings (SSSR count). The van der Waals surface area contributed by atoms with E-state index in [9.17, 15) is 14.9 Å². The van der Waals surface area contributed by atoms with Gasteiger partial charge in [-0.15, -0.1) is 5.10 Å². The summed E-state index contributed by atoms with van der Waals surface area (Å²) in [5.74, 6) is -1.45. The molecule has 0 aromatic carbocycles. The molecule has 3 N–H and O–H groups in total. The Balaban J connectivity index is 3.22. The van der Waals surface area contributed by atoms with Crippen molar-refractivity contribution in [1.82, 2.24) is 10.2 Å². The van der Waals surface area contributed by atoms with Gasteiger partial charge in [0, 0.05) is 0 Å². The number of halogens is 1. The summed E-state index contributed by atoms with van der Waals surface area (Å²) in [6.45, 7) is 0. The van der Waals surface area contributed by atoms with Crippen molar-refractivity contribution in [2.75, 3.05) is 0 Å². The molecule has 0 aliphatic heterocycles. The molecule has 1 amide bonds. The van der Waals surface area contributed by atoms with E-state index < -0.39 is 16.6 Å². The number of carbonyl (C=O) groups is 1. The maximum absolute atomic E-state index is 10.5. The predicted molar refractivity (Wildman–Crippen MR) is 38.8 cm³/mol. The fourth-order valence-electron chi connectivity index (χ4n) is 0.603. The Bertz CT molecular complexity index is 315. The van der Waals surface area contributed by atoms with Gasteiger partial charge in [-0.25, -0.2) is 0 Å². The van der Waals surface area contributed by atoms with Gasteiger partial charge in [-0.1, -0.05) is 16.7 Å². The smallest absolute Gasteiger partial charge is 0.362 e. The van der Waals surface area contributed by atoms with Crippen LogP contribution >= 0.6 is 11.6 Å². The number of carbonyl (C=O) groups excluding carboxylic acids is 1. The minimum Gasteiger partial charge on any atom is -0.364 e. The second-order valence-corrected chi connectivity index (χ2v) is 2.23. The molecule has 1 aromatic heterocycles. The third-order valence-corrected chi connectivity index (χ3v) is 1.46. The predicted octanol–water partition coefficient (Wildman–Crippen LogP) is 0.0702. The van der Waals surface area contributed by atoms with Gasteiger partial charge in [-0.05, 0) is 4.92 Å². The fraction of sp³-hybridized carbons (Fsp3) is 0. The van der Waals surface area contributed by atoms with Crippen LogP contribution in [0, 0.1) is 10.1 Å². The molecular formula is C4H3ClN4O3. The first-order valence-electron chi connectivity index (χ1n) is 2.72. The third-order valence-electron chi connectivity index (χ3n) is 1.11. The van der Waals surface area contributed by atoms with Crippen molar-refractivity contribution in [3.05, 3.63) is 20.8 Å². The zero-order valence-corrected chi connectivity index (χ0v) is 6.33. The average Bonchev–Trinajstić information content (AvgIpc) is 2.30. The lowest BCUT2D eigenvalue weighted by atomic mass is 10.4. The van der Waals surface area contributed by atoms with Crippen LogP contribution in [0.1, 0.15) is 10.5 Å². The molecule has 64 valence electrons. The lowest BCUT2D eigenvalue weighted by molar-refractivity contribution is -0.389. The number of nitro groups is 1. The molecule has 8 heteroatoms. The number of nitrogens with one attached hydrogen (secondary N) is 1. The van der Waals surface area contributed by atoms with Crippen LogP contribution in [0.5, 0.6) is 0 Å². The Morgan fingerprint density at radius 2 is 2.33 bits per heavy atom. The Morgan fingerprint density at radius 1 is 1.75 bits per heavy atom. The number of hydrogen-bond donors (Lipinski definition) is 2. The summed E-state index contributed by atoms with van der Waals surface area (Å²) >= 11 is 5.38. The van der Waals surface area contributed by atoms with E-state index in [2.05, 4.69) is 5.10 Å². The lowest BCUT2D eigenvalue weighted by Crippen LogP contribution is -2.11. The summed E-state index contributed by atoms with van der Waals surface area (Å²) in [5.41, 5.74) is 4.47. The molecule has 0 unspecified atom stereocenters. The zero-order chi connectivity index (χ0) is 9.30. The molecule has 1 aromatic rings. The van der Waals surface area contributed by atoms with Gasteiger partial charge >= 0.3 is 5.82 Å². The second-order valence-electron chi connectivity index (χ2n) is 1.86. The van der Waals surface area contributed by atoms with Crippen LogP contribution in [0.4, 0.5) is 5.82 Å². The molecule has 0 spiro atoms. The van der Waals surface area contributed by atoms with Gasteiger partial charge in [0.15, 0.2) is 10.7 Å². The molecule has 0 aliphatic carbocycles. The van der Waals surface area contributed by atoms with Gasteiger partial charge < -0.3 is 15.8 Å². The van der Waals surface area contributed by atoms with Crippen LogP contribution in [0.2, 0.25) is 5.02 Å². The highest BCUT2D eigenvalue weighted by atomic mass is 35.5. The molecule has 12 heavy (non-hydrogen) atoms. The van der Waals surface area contributed by atoms with Crippen molar-refractivity contribution >= 4 is 23.3 Å². The summed E-state index contributed by atoms with van der Waals surface area (Å²) in [5, 5.41) is 15.0. The number of amides is 1. The minimum atomic E-state index is -0.913. The highest BCUT2D eigenvalue weighted by Gasteiger charge is 2.22. The third kappa shape index (κ3) is 1.21. The van der Waals surface area contributed by atoms with Gasteiger partial charge in [0.25, 0.3) is 5.91 Å². The van der Waals surface area contributed by atoms with E-state index in [1.165, 1.54) is 0 Å². The molecular weight excluding hydrogens is 188 g/mol. The molecule has 0 saturated heterocycles. The largest absolute Gasteiger partial charge is 0.364 e. The molecule has 0 atom stereocenters. The van der Waals surface area contributed by atoms with Crippen LogP contribution in [0.25, 0.3) is 0 Å². The number of aromatic nitrogens is 2. The molecule has 1 heterocycles. The Morgan fingerprint density at radius 3 is 2.58 bits per heavy atom. The van der Waals surface area contributed by atoms with E-state index in [-0.39, 0.29) is 10.7 Å². The van der Waals surface area contributed by atoms with Crippen LogP contribution in [0.3, 0.4) is 0 Å². The molecule has 0 aliphatic rings. The summed E-state index contributed by atoms with van der Waals surface area (Å²) in [4.78, 5) is 19.9. The zero-order valence-electron chi connectivity index (χ0n) is 5.57. The maximum Gasteiger partial charge on any atom is 0.362 e. The van der Waals surface area contributed by atoms with E-state index in [1.54, 1.807) is 0 Å². The van der Waals surface area contributed by atoms with Crippen molar-refractivity contribution in [2.45, 2.75) is 0 Å². The van der Waals surface area contributed by atoms with Crippen LogP contribution < -0.4 is 5.73 Å². The number of primary amides is 1. The number of nitrogens with zero attached hydrogens (tertiary/aromatic N) is 2. The Labute approximate surface area is 70.7 Å². The molecule has 0 saturated carbocycles.